The Morgan fingerprint density at radius 1 is 1.09 bits per heavy atom. The molecule has 0 spiro atoms. The minimum absolute atomic E-state index is 0.0222. The van der Waals surface area contributed by atoms with Gasteiger partial charge in [-0.1, -0.05) is 18.2 Å². The molecule has 0 saturated carbocycles. The predicted molar refractivity (Wildman–Crippen MR) is 118 cm³/mol. The largest absolute Gasteiger partial charge is 0.507 e. The maximum Gasteiger partial charge on any atom is 0.296 e. The summed E-state index contributed by atoms with van der Waals surface area (Å²) in [6, 6.07) is 16.5. The van der Waals surface area contributed by atoms with Crippen LogP contribution in [0.3, 0.4) is 0 Å². The van der Waals surface area contributed by atoms with Crippen molar-refractivity contribution in [1.29, 1.82) is 0 Å². The van der Waals surface area contributed by atoms with Crippen LogP contribution in [0.4, 0.5) is 0 Å². The molecule has 1 atom stereocenters. The fourth-order valence-corrected chi connectivity index (χ4v) is 4.02. The van der Waals surface area contributed by atoms with E-state index in [4.69, 9.17) is 14.2 Å². The van der Waals surface area contributed by atoms with Crippen molar-refractivity contribution in [3.63, 3.8) is 0 Å². The Bertz CT molecular complexity index is 1250. The van der Waals surface area contributed by atoms with Crippen LogP contribution in [0.5, 0.6) is 17.2 Å². The monoisotopic (exact) mass is 444 g/mol. The third-order valence-corrected chi connectivity index (χ3v) is 5.67. The summed E-state index contributed by atoms with van der Waals surface area (Å²) >= 11 is 0. The number of hydrogen-bond donors (Lipinski definition) is 1. The maximum absolute atomic E-state index is 13.1. The second kappa shape index (κ2) is 8.31. The van der Waals surface area contributed by atoms with Crippen LogP contribution < -0.4 is 14.2 Å². The van der Waals surface area contributed by atoms with Gasteiger partial charge in [-0.2, -0.15) is 0 Å². The van der Waals surface area contributed by atoms with E-state index in [0.717, 1.165) is 5.56 Å². The highest BCUT2D eigenvalue weighted by Crippen LogP contribution is 2.41. The first-order valence-corrected chi connectivity index (χ1v) is 10.3. The minimum atomic E-state index is -0.848. The molecular formula is C25H20N2O6. The SMILES string of the molecule is COc1ccc(CN2C(=O)C(=O)/C(=C(\O)c3ccc4c(c3)OCO4)C2c2ccccn2)cc1. The molecule has 1 saturated heterocycles. The van der Waals surface area contributed by atoms with Crippen molar-refractivity contribution >= 4 is 17.4 Å². The summed E-state index contributed by atoms with van der Waals surface area (Å²) < 4.78 is 15.9. The van der Waals surface area contributed by atoms with Crippen LogP contribution in [0, 0.1) is 0 Å². The zero-order chi connectivity index (χ0) is 22.9. The molecular weight excluding hydrogens is 424 g/mol. The fourth-order valence-electron chi connectivity index (χ4n) is 4.02. The van der Waals surface area contributed by atoms with Crippen LogP contribution in [0.2, 0.25) is 0 Å². The summed E-state index contributed by atoms with van der Waals surface area (Å²) in [6.07, 6.45) is 1.59. The lowest BCUT2D eigenvalue weighted by molar-refractivity contribution is -0.140. The van der Waals surface area contributed by atoms with Gasteiger partial charge in [-0.3, -0.25) is 14.6 Å². The Hall–Kier alpha value is -4.33. The number of rotatable bonds is 5. The standard InChI is InChI=1S/C25H20N2O6/c1-31-17-8-5-15(6-9-17)13-27-22(18-4-2-3-11-26-18)21(24(29)25(27)30)23(28)16-7-10-19-20(12-16)33-14-32-19/h2-12,22,28H,13-14H2,1H3/b23-21-. The van der Waals surface area contributed by atoms with E-state index < -0.39 is 17.7 Å². The second-order valence-corrected chi connectivity index (χ2v) is 7.60. The molecule has 0 radical (unpaired) electrons. The summed E-state index contributed by atoms with van der Waals surface area (Å²) in [5.74, 6) is -0.0730. The molecule has 3 heterocycles. The lowest BCUT2D eigenvalue weighted by Gasteiger charge is -2.24. The number of nitrogens with zero attached hydrogens (tertiary/aromatic N) is 2. The highest BCUT2D eigenvalue weighted by molar-refractivity contribution is 6.46. The minimum Gasteiger partial charge on any atom is -0.507 e. The molecule has 3 aromatic rings. The van der Waals surface area contributed by atoms with Gasteiger partial charge in [0.15, 0.2) is 11.5 Å². The van der Waals surface area contributed by atoms with Crippen molar-refractivity contribution in [3.05, 3.63) is 89.3 Å². The van der Waals surface area contributed by atoms with Crippen LogP contribution in [-0.2, 0) is 16.1 Å². The number of pyridine rings is 1. The van der Waals surface area contributed by atoms with Crippen molar-refractivity contribution in [1.82, 2.24) is 9.88 Å². The summed E-state index contributed by atoms with van der Waals surface area (Å²) in [5, 5.41) is 11.2. The lowest BCUT2D eigenvalue weighted by Crippen LogP contribution is -2.29. The fraction of sp³-hybridized carbons (Fsp3) is 0.160. The Balaban J connectivity index is 1.59. The predicted octanol–water partition coefficient (Wildman–Crippen LogP) is 3.44. The van der Waals surface area contributed by atoms with E-state index in [1.807, 2.05) is 12.1 Å². The van der Waals surface area contributed by atoms with Crippen LogP contribution >= 0.6 is 0 Å². The van der Waals surface area contributed by atoms with E-state index in [0.29, 0.717) is 28.5 Å². The molecule has 1 unspecified atom stereocenters. The molecule has 1 aromatic heterocycles. The average molecular weight is 444 g/mol. The molecule has 2 aromatic carbocycles. The van der Waals surface area contributed by atoms with Crippen LogP contribution in [0.15, 0.2) is 72.4 Å². The van der Waals surface area contributed by atoms with Crippen LogP contribution in [-0.4, -0.2) is 40.6 Å². The van der Waals surface area contributed by atoms with Gasteiger partial charge in [0.05, 0.1) is 18.4 Å². The number of carbonyl (C=O) groups is 2. The first kappa shape index (κ1) is 20.6. The quantitative estimate of drug-likeness (QED) is 0.366. The Labute approximate surface area is 189 Å². The number of aliphatic hydroxyl groups is 1. The van der Waals surface area contributed by atoms with Crippen molar-refractivity contribution in [2.75, 3.05) is 13.9 Å². The molecule has 166 valence electrons. The normalized spacial score (nSPS) is 18.6. The molecule has 0 bridgehead atoms. The number of ether oxygens (including phenoxy) is 3. The number of fused-ring (bicyclic) bond motifs is 1. The van der Waals surface area contributed by atoms with Crippen LogP contribution in [0.25, 0.3) is 5.76 Å². The van der Waals surface area contributed by atoms with Gasteiger partial charge < -0.3 is 24.2 Å². The van der Waals surface area contributed by atoms with E-state index in [1.165, 1.54) is 4.90 Å². The number of ketones is 1. The summed E-state index contributed by atoms with van der Waals surface area (Å²) in [6.45, 7) is 0.244. The van der Waals surface area contributed by atoms with Gasteiger partial charge in [0, 0.05) is 18.3 Å². The summed E-state index contributed by atoms with van der Waals surface area (Å²) in [5.41, 5.74) is 1.61. The molecule has 2 aliphatic rings. The molecule has 8 nitrogen and oxygen atoms in total. The highest BCUT2D eigenvalue weighted by atomic mass is 16.7. The molecule has 8 heteroatoms. The van der Waals surface area contributed by atoms with Crippen molar-refractivity contribution in [2.24, 2.45) is 0 Å². The molecule has 2 aliphatic heterocycles. The van der Waals surface area contributed by atoms with E-state index in [2.05, 4.69) is 4.98 Å². The number of aromatic nitrogens is 1. The number of carbonyl (C=O) groups excluding carboxylic acids is 2. The van der Waals surface area contributed by atoms with E-state index in [9.17, 15) is 14.7 Å². The van der Waals surface area contributed by atoms with Gasteiger partial charge in [-0.05, 0) is 48.0 Å². The molecule has 0 aliphatic carbocycles. The highest BCUT2D eigenvalue weighted by Gasteiger charge is 2.46. The number of amides is 1. The lowest BCUT2D eigenvalue weighted by atomic mass is 9.98. The van der Waals surface area contributed by atoms with Gasteiger partial charge in [0.25, 0.3) is 11.7 Å². The number of hydrogen-bond acceptors (Lipinski definition) is 7. The smallest absolute Gasteiger partial charge is 0.296 e. The molecule has 33 heavy (non-hydrogen) atoms. The third-order valence-electron chi connectivity index (χ3n) is 5.67. The zero-order valence-corrected chi connectivity index (χ0v) is 17.7. The van der Waals surface area contributed by atoms with Crippen molar-refractivity contribution < 1.29 is 28.9 Å². The average Bonchev–Trinajstić information content (AvgIpc) is 3.42. The van der Waals surface area contributed by atoms with Crippen molar-refractivity contribution in [2.45, 2.75) is 12.6 Å². The number of benzene rings is 2. The van der Waals surface area contributed by atoms with E-state index in [1.54, 1.807) is 61.8 Å². The third kappa shape index (κ3) is 3.65. The maximum atomic E-state index is 13.1. The van der Waals surface area contributed by atoms with Gasteiger partial charge in [-0.15, -0.1) is 0 Å². The van der Waals surface area contributed by atoms with Gasteiger partial charge in [0.2, 0.25) is 6.79 Å². The second-order valence-electron chi connectivity index (χ2n) is 7.60. The van der Waals surface area contributed by atoms with Crippen molar-refractivity contribution in [3.8, 4) is 17.2 Å². The number of Topliss-reactive ketones (excluding diaryl/α,β-unsaturated/α-hetero) is 1. The molecule has 1 fully saturated rings. The van der Waals surface area contributed by atoms with E-state index >= 15 is 0 Å². The topological polar surface area (TPSA) is 98.2 Å². The number of likely N-dealkylation sites (tertiary alicyclic amines) is 1. The van der Waals surface area contributed by atoms with Gasteiger partial charge in [0.1, 0.15) is 17.6 Å². The first-order valence-electron chi connectivity index (χ1n) is 10.3. The number of aliphatic hydroxyl groups excluding tert-OH is 1. The summed E-state index contributed by atoms with van der Waals surface area (Å²) in [4.78, 5) is 32.0. The zero-order valence-electron chi connectivity index (χ0n) is 17.7. The number of methoxy groups -OCH3 is 1. The molecule has 5 rings (SSSR count). The summed E-state index contributed by atoms with van der Waals surface area (Å²) in [7, 11) is 1.57. The molecule has 1 amide bonds. The van der Waals surface area contributed by atoms with Crippen LogP contribution in [0.1, 0.15) is 22.9 Å². The Kier molecular flexibility index (Phi) is 5.18. The van der Waals surface area contributed by atoms with Gasteiger partial charge in [-0.25, -0.2) is 0 Å². The molecule has 1 N–H and O–H groups in total. The Morgan fingerprint density at radius 3 is 2.61 bits per heavy atom. The first-order chi connectivity index (χ1) is 16.1. The van der Waals surface area contributed by atoms with E-state index in [-0.39, 0.29) is 24.7 Å². The Morgan fingerprint density at radius 2 is 1.88 bits per heavy atom. The van der Waals surface area contributed by atoms with Gasteiger partial charge >= 0.3 is 0 Å².